The normalized spacial score (nSPS) is 10.8. The summed E-state index contributed by atoms with van der Waals surface area (Å²) in [6, 6.07) is 3.74. The summed E-state index contributed by atoms with van der Waals surface area (Å²) in [5.41, 5.74) is -0.163. The second-order valence-corrected chi connectivity index (χ2v) is 6.33. The van der Waals surface area contributed by atoms with E-state index >= 15 is 0 Å². The van der Waals surface area contributed by atoms with Crippen LogP contribution in [0.25, 0.3) is 0 Å². The number of hydrogen-bond donors (Lipinski definition) is 1. The van der Waals surface area contributed by atoms with Gasteiger partial charge in [0, 0.05) is 18.7 Å². The number of carbonyl (C=O) groups excluding carboxylic acids is 1. The molecule has 0 aliphatic heterocycles. The molecule has 0 saturated heterocycles. The van der Waals surface area contributed by atoms with E-state index in [0.29, 0.717) is 18.1 Å². The monoisotopic (exact) mass is 311 g/mol. The Bertz CT molecular complexity index is 601. The van der Waals surface area contributed by atoms with E-state index in [1.54, 1.807) is 4.57 Å². The molecule has 2 aromatic rings. The molecule has 0 bridgehead atoms. The number of rotatable bonds is 8. The smallest absolute Gasteiger partial charge is 0.293 e. The third-order valence-electron chi connectivity index (χ3n) is 2.75. The molecule has 7 heteroatoms. The molecule has 0 aromatic carbocycles. The maximum atomic E-state index is 11.8. The van der Waals surface area contributed by atoms with E-state index in [1.807, 2.05) is 24.4 Å². The minimum atomic E-state index is -0.163. The van der Waals surface area contributed by atoms with E-state index in [1.165, 1.54) is 23.1 Å². The summed E-state index contributed by atoms with van der Waals surface area (Å²) in [4.78, 5) is 24.1. The van der Waals surface area contributed by atoms with E-state index in [9.17, 15) is 9.59 Å². The zero-order valence-electron chi connectivity index (χ0n) is 11.3. The Hall–Kier alpha value is -1.34. The summed E-state index contributed by atoms with van der Waals surface area (Å²) < 4.78 is 1.64. The number of nitrogens with one attached hydrogen (secondary N) is 1. The van der Waals surface area contributed by atoms with Crippen molar-refractivity contribution in [2.75, 3.05) is 5.75 Å². The zero-order chi connectivity index (χ0) is 14.4. The van der Waals surface area contributed by atoms with Crippen LogP contribution in [0.2, 0.25) is 0 Å². The van der Waals surface area contributed by atoms with E-state index < -0.39 is 0 Å². The third kappa shape index (κ3) is 3.83. The Morgan fingerprint density at radius 1 is 1.55 bits per heavy atom. The van der Waals surface area contributed by atoms with Crippen molar-refractivity contribution < 1.29 is 4.79 Å². The van der Waals surface area contributed by atoms with E-state index in [-0.39, 0.29) is 11.5 Å². The van der Waals surface area contributed by atoms with Crippen LogP contribution in [-0.2, 0) is 6.54 Å². The van der Waals surface area contributed by atoms with Gasteiger partial charge >= 0.3 is 5.69 Å². The number of aromatic amines is 1. The molecule has 0 aliphatic carbocycles. The fourth-order valence-corrected chi connectivity index (χ4v) is 3.40. The van der Waals surface area contributed by atoms with Gasteiger partial charge in [0.15, 0.2) is 10.9 Å². The Kier molecular flexibility index (Phi) is 5.60. The minimum Gasteiger partial charge on any atom is -0.293 e. The van der Waals surface area contributed by atoms with Crippen molar-refractivity contribution in [1.82, 2.24) is 14.8 Å². The molecule has 0 aliphatic rings. The molecular formula is C13H17N3O2S2. The van der Waals surface area contributed by atoms with Crippen LogP contribution in [-0.4, -0.2) is 26.3 Å². The molecule has 2 aromatic heterocycles. The first-order valence-corrected chi connectivity index (χ1v) is 8.43. The van der Waals surface area contributed by atoms with Gasteiger partial charge in [0.25, 0.3) is 0 Å². The second-order valence-electron chi connectivity index (χ2n) is 4.32. The fourth-order valence-electron chi connectivity index (χ4n) is 1.79. The summed E-state index contributed by atoms with van der Waals surface area (Å²) in [6.45, 7) is 2.69. The molecule has 2 rings (SSSR count). The number of ketones is 1. The highest BCUT2D eigenvalue weighted by atomic mass is 32.2. The van der Waals surface area contributed by atoms with Crippen LogP contribution in [0.3, 0.4) is 0 Å². The van der Waals surface area contributed by atoms with Crippen molar-refractivity contribution >= 4 is 28.9 Å². The minimum absolute atomic E-state index is 0.163. The van der Waals surface area contributed by atoms with Crippen LogP contribution in [0.4, 0.5) is 0 Å². The number of hydrogen-bond acceptors (Lipinski definition) is 5. The van der Waals surface area contributed by atoms with Crippen LogP contribution in [0, 0.1) is 0 Å². The molecule has 0 radical (unpaired) electrons. The molecule has 0 spiro atoms. The summed E-state index contributed by atoms with van der Waals surface area (Å²) in [5, 5.41) is 9.09. The maximum absolute atomic E-state index is 11.8. The lowest BCUT2D eigenvalue weighted by atomic mass is 10.2. The summed E-state index contributed by atoms with van der Waals surface area (Å²) in [6.07, 6.45) is 2.22. The Morgan fingerprint density at radius 3 is 3.10 bits per heavy atom. The van der Waals surface area contributed by atoms with Crippen LogP contribution in [0.15, 0.2) is 27.5 Å². The van der Waals surface area contributed by atoms with Gasteiger partial charge < -0.3 is 0 Å². The SMILES string of the molecule is CCCn1c(SCCCC(=O)c2cccs2)n[nH]c1=O. The molecule has 0 amide bonds. The summed E-state index contributed by atoms with van der Waals surface area (Å²) in [5.74, 6) is 0.971. The number of thiophene rings is 1. The van der Waals surface area contributed by atoms with Gasteiger partial charge in [-0.25, -0.2) is 9.89 Å². The highest BCUT2D eigenvalue weighted by molar-refractivity contribution is 7.99. The predicted molar refractivity (Wildman–Crippen MR) is 81.7 cm³/mol. The molecule has 0 saturated carbocycles. The molecule has 5 nitrogen and oxygen atoms in total. The van der Waals surface area contributed by atoms with Gasteiger partial charge in [-0.2, -0.15) is 0 Å². The van der Waals surface area contributed by atoms with Crippen LogP contribution < -0.4 is 5.69 Å². The first kappa shape index (κ1) is 15.1. The van der Waals surface area contributed by atoms with Crippen LogP contribution >= 0.6 is 23.1 Å². The van der Waals surface area contributed by atoms with Crippen molar-refractivity contribution in [3.05, 3.63) is 32.9 Å². The molecule has 0 fully saturated rings. The van der Waals surface area contributed by atoms with Gasteiger partial charge in [0.1, 0.15) is 0 Å². The average Bonchev–Trinajstić information content (AvgIpc) is 3.07. The number of carbonyl (C=O) groups is 1. The van der Waals surface area contributed by atoms with Crippen LogP contribution in [0.1, 0.15) is 35.9 Å². The Labute approximate surface area is 125 Å². The van der Waals surface area contributed by atoms with Crippen molar-refractivity contribution in [3.63, 3.8) is 0 Å². The van der Waals surface area contributed by atoms with Crippen molar-refractivity contribution in [2.45, 2.75) is 37.9 Å². The molecule has 0 atom stereocenters. The number of thioether (sulfide) groups is 1. The lowest BCUT2D eigenvalue weighted by molar-refractivity contribution is 0.0986. The van der Waals surface area contributed by atoms with Gasteiger partial charge in [-0.05, 0) is 24.3 Å². The predicted octanol–water partition coefficient (Wildman–Crippen LogP) is 2.80. The van der Waals surface area contributed by atoms with Gasteiger partial charge in [-0.3, -0.25) is 9.36 Å². The Balaban J connectivity index is 1.79. The van der Waals surface area contributed by atoms with E-state index in [0.717, 1.165) is 23.5 Å². The van der Waals surface area contributed by atoms with Gasteiger partial charge in [-0.1, -0.05) is 24.8 Å². The topological polar surface area (TPSA) is 67.8 Å². The molecule has 0 unspecified atom stereocenters. The standard InChI is InChI=1S/C13H17N3O2S2/c1-2-7-16-12(18)14-15-13(16)20-9-3-5-10(17)11-6-4-8-19-11/h4,6,8H,2-3,5,7,9H2,1H3,(H,14,18). The largest absolute Gasteiger partial charge is 0.343 e. The molecule has 2 heterocycles. The molecule has 20 heavy (non-hydrogen) atoms. The van der Waals surface area contributed by atoms with Crippen LogP contribution in [0.5, 0.6) is 0 Å². The first-order chi connectivity index (χ1) is 9.72. The summed E-state index contributed by atoms with van der Waals surface area (Å²) >= 11 is 3.00. The number of H-pyrrole nitrogens is 1. The zero-order valence-corrected chi connectivity index (χ0v) is 12.9. The van der Waals surface area contributed by atoms with Gasteiger partial charge in [0.2, 0.25) is 0 Å². The quantitative estimate of drug-likeness (QED) is 0.462. The Morgan fingerprint density at radius 2 is 2.40 bits per heavy atom. The second kappa shape index (κ2) is 7.44. The van der Waals surface area contributed by atoms with Crippen molar-refractivity contribution in [2.24, 2.45) is 0 Å². The number of Topliss-reactive ketones (excluding diaryl/α,β-unsaturated/α-hetero) is 1. The van der Waals surface area contributed by atoms with Crippen molar-refractivity contribution in [3.8, 4) is 0 Å². The average molecular weight is 311 g/mol. The van der Waals surface area contributed by atoms with Gasteiger partial charge in [0.05, 0.1) is 4.88 Å². The molecular weight excluding hydrogens is 294 g/mol. The lowest BCUT2D eigenvalue weighted by Crippen LogP contribution is -2.17. The van der Waals surface area contributed by atoms with E-state index in [4.69, 9.17) is 0 Å². The maximum Gasteiger partial charge on any atom is 0.343 e. The third-order valence-corrected chi connectivity index (χ3v) is 4.72. The van der Waals surface area contributed by atoms with Gasteiger partial charge in [-0.15, -0.1) is 16.4 Å². The first-order valence-electron chi connectivity index (χ1n) is 6.57. The molecule has 108 valence electrons. The number of aromatic nitrogens is 3. The lowest BCUT2D eigenvalue weighted by Gasteiger charge is -2.03. The van der Waals surface area contributed by atoms with Crippen molar-refractivity contribution in [1.29, 1.82) is 0 Å². The molecule has 1 N–H and O–H groups in total. The number of nitrogens with zero attached hydrogens (tertiary/aromatic N) is 2. The van der Waals surface area contributed by atoms with E-state index in [2.05, 4.69) is 10.2 Å². The highest BCUT2D eigenvalue weighted by Gasteiger charge is 2.09. The highest BCUT2D eigenvalue weighted by Crippen LogP contribution is 2.17. The summed E-state index contributed by atoms with van der Waals surface area (Å²) in [7, 11) is 0. The fraction of sp³-hybridized carbons (Fsp3) is 0.462.